The Morgan fingerprint density at radius 1 is 1.50 bits per heavy atom. The van der Waals surface area contributed by atoms with Crippen molar-refractivity contribution in [2.45, 2.75) is 12.2 Å². The van der Waals surface area contributed by atoms with Gasteiger partial charge in [0, 0.05) is 35.1 Å². The predicted molar refractivity (Wildman–Crippen MR) is 79.9 cm³/mol. The number of nitrogens with zero attached hydrogens (tertiary/aromatic N) is 1. The van der Waals surface area contributed by atoms with Gasteiger partial charge in [0.15, 0.2) is 0 Å². The molecule has 1 unspecified atom stereocenters. The zero-order valence-corrected chi connectivity index (χ0v) is 11.9. The van der Waals surface area contributed by atoms with Gasteiger partial charge in [-0.2, -0.15) is 23.5 Å². The zero-order valence-electron chi connectivity index (χ0n) is 10.2. The average molecular weight is 284 g/mol. The number of nitro benzene ring substituents is 1. The van der Waals surface area contributed by atoms with Crippen molar-refractivity contribution < 1.29 is 4.92 Å². The molecule has 18 heavy (non-hydrogen) atoms. The van der Waals surface area contributed by atoms with Gasteiger partial charge in [-0.25, -0.2) is 0 Å². The Bertz CT molecular complexity index is 434. The summed E-state index contributed by atoms with van der Waals surface area (Å²) in [6.45, 7) is 2.70. The third-order valence-electron chi connectivity index (χ3n) is 2.84. The molecule has 1 atom stereocenters. The number of anilines is 1. The minimum absolute atomic E-state index is 0.170. The highest BCUT2D eigenvalue weighted by molar-refractivity contribution is 8.06. The molecule has 1 fully saturated rings. The summed E-state index contributed by atoms with van der Waals surface area (Å²) in [5.41, 5.74) is 1.76. The van der Waals surface area contributed by atoms with E-state index in [4.69, 9.17) is 0 Å². The highest BCUT2D eigenvalue weighted by Crippen LogP contribution is 2.29. The number of para-hydroxylation sites is 1. The molecular weight excluding hydrogens is 268 g/mol. The monoisotopic (exact) mass is 284 g/mol. The van der Waals surface area contributed by atoms with E-state index in [1.807, 2.05) is 36.5 Å². The van der Waals surface area contributed by atoms with E-state index in [9.17, 15) is 10.1 Å². The first-order chi connectivity index (χ1) is 8.68. The lowest BCUT2D eigenvalue weighted by molar-refractivity contribution is -0.384. The fraction of sp³-hybridized carbons (Fsp3) is 0.500. The molecule has 1 aromatic carbocycles. The van der Waals surface area contributed by atoms with Gasteiger partial charge in [0.25, 0.3) is 5.69 Å². The molecule has 1 aliphatic heterocycles. The molecule has 1 aliphatic rings. The van der Waals surface area contributed by atoms with E-state index in [1.165, 1.54) is 11.5 Å². The van der Waals surface area contributed by atoms with Crippen molar-refractivity contribution in [1.29, 1.82) is 0 Å². The largest absolute Gasteiger partial charge is 0.378 e. The SMILES string of the molecule is Cc1cccc([N+](=O)[O-])c1NCC1CSCCS1. The van der Waals surface area contributed by atoms with Gasteiger partial charge >= 0.3 is 0 Å². The quantitative estimate of drug-likeness (QED) is 0.680. The smallest absolute Gasteiger partial charge is 0.292 e. The second kappa shape index (κ2) is 6.33. The molecule has 1 heterocycles. The van der Waals surface area contributed by atoms with Crippen LogP contribution in [0.5, 0.6) is 0 Å². The summed E-state index contributed by atoms with van der Waals surface area (Å²) >= 11 is 3.91. The van der Waals surface area contributed by atoms with E-state index < -0.39 is 0 Å². The minimum atomic E-state index is -0.321. The van der Waals surface area contributed by atoms with E-state index in [1.54, 1.807) is 12.1 Å². The van der Waals surface area contributed by atoms with Crippen molar-refractivity contribution in [3.63, 3.8) is 0 Å². The highest BCUT2D eigenvalue weighted by atomic mass is 32.2. The summed E-state index contributed by atoms with van der Waals surface area (Å²) in [6.07, 6.45) is 0. The molecule has 0 aromatic heterocycles. The van der Waals surface area contributed by atoms with E-state index in [0.29, 0.717) is 10.9 Å². The summed E-state index contributed by atoms with van der Waals surface area (Å²) in [5.74, 6) is 3.51. The van der Waals surface area contributed by atoms with Crippen LogP contribution in [-0.2, 0) is 0 Å². The second-order valence-electron chi connectivity index (χ2n) is 4.17. The van der Waals surface area contributed by atoms with Crippen LogP contribution in [0.3, 0.4) is 0 Å². The summed E-state index contributed by atoms with van der Waals surface area (Å²) in [4.78, 5) is 10.7. The van der Waals surface area contributed by atoms with Crippen LogP contribution in [0, 0.1) is 17.0 Å². The molecule has 4 nitrogen and oxygen atoms in total. The fourth-order valence-corrected chi connectivity index (χ4v) is 4.52. The highest BCUT2D eigenvalue weighted by Gasteiger charge is 2.18. The van der Waals surface area contributed by atoms with Crippen molar-refractivity contribution in [1.82, 2.24) is 0 Å². The van der Waals surface area contributed by atoms with Gasteiger partial charge in [-0.1, -0.05) is 12.1 Å². The molecule has 6 heteroatoms. The van der Waals surface area contributed by atoms with E-state index in [2.05, 4.69) is 5.32 Å². The van der Waals surface area contributed by atoms with Crippen LogP contribution < -0.4 is 5.32 Å². The molecule has 1 N–H and O–H groups in total. The topological polar surface area (TPSA) is 55.2 Å². The average Bonchev–Trinajstić information content (AvgIpc) is 2.38. The number of nitro groups is 1. The Hall–Kier alpha value is -0.880. The van der Waals surface area contributed by atoms with Crippen LogP contribution in [0.15, 0.2) is 18.2 Å². The first-order valence-electron chi connectivity index (χ1n) is 5.85. The first kappa shape index (κ1) is 13.5. The van der Waals surface area contributed by atoms with Gasteiger partial charge in [0.05, 0.1) is 4.92 Å². The summed E-state index contributed by atoms with van der Waals surface area (Å²) in [7, 11) is 0. The predicted octanol–water partition coefficient (Wildman–Crippen LogP) is 3.16. The molecule has 0 amide bonds. The van der Waals surface area contributed by atoms with Crippen LogP contribution in [0.2, 0.25) is 0 Å². The van der Waals surface area contributed by atoms with Crippen molar-refractivity contribution >= 4 is 34.9 Å². The summed E-state index contributed by atoms with van der Waals surface area (Å²) in [5, 5.41) is 14.8. The van der Waals surface area contributed by atoms with Crippen molar-refractivity contribution in [3.8, 4) is 0 Å². The zero-order chi connectivity index (χ0) is 13.0. The molecule has 0 spiro atoms. The Balaban J connectivity index is 2.05. The Kier molecular flexibility index (Phi) is 4.77. The van der Waals surface area contributed by atoms with E-state index in [0.717, 1.165) is 17.9 Å². The van der Waals surface area contributed by atoms with Crippen LogP contribution in [0.1, 0.15) is 5.56 Å². The fourth-order valence-electron chi connectivity index (χ4n) is 1.90. The third-order valence-corrected chi connectivity index (χ3v) is 5.68. The maximum atomic E-state index is 11.0. The number of thioether (sulfide) groups is 2. The van der Waals surface area contributed by atoms with Gasteiger partial charge in [0.2, 0.25) is 0 Å². The lowest BCUT2D eigenvalue weighted by Gasteiger charge is -2.22. The van der Waals surface area contributed by atoms with Gasteiger partial charge in [0.1, 0.15) is 5.69 Å². The van der Waals surface area contributed by atoms with E-state index in [-0.39, 0.29) is 10.6 Å². The minimum Gasteiger partial charge on any atom is -0.378 e. The summed E-state index contributed by atoms with van der Waals surface area (Å²) in [6, 6.07) is 5.18. The molecule has 1 saturated heterocycles. The lowest BCUT2D eigenvalue weighted by Crippen LogP contribution is -2.23. The van der Waals surface area contributed by atoms with Gasteiger partial charge < -0.3 is 5.32 Å². The normalized spacial score (nSPS) is 19.5. The summed E-state index contributed by atoms with van der Waals surface area (Å²) < 4.78 is 0. The number of rotatable bonds is 4. The van der Waals surface area contributed by atoms with E-state index >= 15 is 0 Å². The van der Waals surface area contributed by atoms with Crippen LogP contribution in [-0.4, -0.2) is 34.0 Å². The third kappa shape index (κ3) is 3.32. The number of hydrogen-bond donors (Lipinski definition) is 1. The molecule has 0 aliphatic carbocycles. The molecule has 0 saturated carbocycles. The molecule has 1 aromatic rings. The number of benzene rings is 1. The number of nitrogens with one attached hydrogen (secondary N) is 1. The van der Waals surface area contributed by atoms with Crippen molar-refractivity contribution in [3.05, 3.63) is 33.9 Å². The number of hydrogen-bond acceptors (Lipinski definition) is 5. The van der Waals surface area contributed by atoms with Gasteiger partial charge in [-0.3, -0.25) is 10.1 Å². The molecule has 2 rings (SSSR count). The van der Waals surface area contributed by atoms with Crippen molar-refractivity contribution in [2.75, 3.05) is 29.1 Å². The Morgan fingerprint density at radius 3 is 3.00 bits per heavy atom. The lowest BCUT2D eigenvalue weighted by atomic mass is 10.1. The van der Waals surface area contributed by atoms with Crippen molar-refractivity contribution in [2.24, 2.45) is 0 Å². The number of aryl methyl sites for hydroxylation is 1. The maximum absolute atomic E-state index is 11.0. The van der Waals surface area contributed by atoms with Gasteiger partial charge in [-0.05, 0) is 12.5 Å². The molecule has 98 valence electrons. The maximum Gasteiger partial charge on any atom is 0.292 e. The van der Waals surface area contributed by atoms with Crippen LogP contribution >= 0.6 is 23.5 Å². The molecule has 0 bridgehead atoms. The standard InChI is InChI=1S/C12H16N2O2S2/c1-9-3-2-4-11(14(15)16)12(9)13-7-10-8-17-5-6-18-10/h2-4,10,13H,5-8H2,1H3. The first-order valence-corrected chi connectivity index (χ1v) is 8.06. The van der Waals surface area contributed by atoms with Crippen LogP contribution in [0.25, 0.3) is 0 Å². The Labute approximate surface area is 115 Å². The molecular formula is C12H16N2O2S2. The van der Waals surface area contributed by atoms with Gasteiger partial charge in [-0.15, -0.1) is 0 Å². The molecule has 0 radical (unpaired) electrons. The Morgan fingerprint density at radius 2 is 2.33 bits per heavy atom. The van der Waals surface area contributed by atoms with Crippen LogP contribution in [0.4, 0.5) is 11.4 Å². The second-order valence-corrected chi connectivity index (χ2v) is 6.73.